The van der Waals surface area contributed by atoms with E-state index >= 15 is 0 Å². The number of anilines is 1. The quantitative estimate of drug-likeness (QED) is 0.646. The summed E-state index contributed by atoms with van der Waals surface area (Å²) in [5.41, 5.74) is -0.380. The van der Waals surface area contributed by atoms with Gasteiger partial charge in [0.05, 0.1) is 11.0 Å². The molecule has 2 N–H and O–H groups in total. The summed E-state index contributed by atoms with van der Waals surface area (Å²) in [7, 11) is 0. The Morgan fingerprint density at radius 1 is 1.47 bits per heavy atom. The van der Waals surface area contributed by atoms with Gasteiger partial charge in [0.1, 0.15) is 0 Å². The maximum Gasteiger partial charge on any atom is 0.304 e. The second-order valence-corrected chi connectivity index (χ2v) is 4.42. The summed E-state index contributed by atoms with van der Waals surface area (Å²) in [6, 6.07) is 3.03. The number of nitrogens with zero attached hydrogens (tertiary/aromatic N) is 1. The van der Waals surface area contributed by atoms with Crippen molar-refractivity contribution in [2.24, 2.45) is 0 Å². The summed E-state index contributed by atoms with van der Waals surface area (Å²) in [6.07, 6.45) is 2.75. The van der Waals surface area contributed by atoms with Gasteiger partial charge in [-0.15, -0.1) is 0 Å². The molecule has 1 amide bonds. The van der Waals surface area contributed by atoms with Gasteiger partial charge in [-0.25, -0.2) is 0 Å². The minimum atomic E-state index is -0.959. The molecule has 0 spiro atoms. The van der Waals surface area contributed by atoms with E-state index < -0.39 is 16.4 Å². The molecule has 1 aliphatic rings. The van der Waals surface area contributed by atoms with Crippen LogP contribution in [-0.4, -0.2) is 23.4 Å². The van der Waals surface area contributed by atoms with Crippen LogP contribution in [-0.2, 0) is 4.79 Å². The molecule has 1 heterocycles. The fraction of sp³-hybridized carbons (Fsp3) is 0.417. The summed E-state index contributed by atoms with van der Waals surface area (Å²) in [4.78, 5) is 21.5. The number of carbonyl (C=O) groups excluding carboxylic acids is 1. The zero-order chi connectivity index (χ0) is 13.8. The largest absolute Gasteiger partial charge is 0.325 e. The molecule has 1 aromatic rings. The second-order valence-electron chi connectivity index (χ2n) is 4.42. The lowest BCUT2D eigenvalue weighted by Gasteiger charge is -2.22. The highest BCUT2D eigenvalue weighted by Gasteiger charge is 2.21. The highest BCUT2D eigenvalue weighted by molar-refractivity contribution is 5.95. The SMILES string of the molecule is O=C(Nc1ccc([N+](=O)[O-])c(F)c1)[C@@H]1CCCCN1. The molecular weight excluding hydrogens is 253 g/mol. The average molecular weight is 267 g/mol. The average Bonchev–Trinajstić information content (AvgIpc) is 2.39. The third-order valence-corrected chi connectivity index (χ3v) is 3.04. The number of nitro benzene ring substituents is 1. The predicted molar refractivity (Wildman–Crippen MR) is 67.3 cm³/mol. The first-order chi connectivity index (χ1) is 9.08. The maximum absolute atomic E-state index is 13.4. The molecule has 1 atom stereocenters. The minimum absolute atomic E-state index is 0.223. The van der Waals surface area contributed by atoms with Crippen molar-refractivity contribution in [1.82, 2.24) is 5.32 Å². The normalized spacial score (nSPS) is 18.9. The van der Waals surface area contributed by atoms with Gasteiger partial charge in [0.2, 0.25) is 11.7 Å². The van der Waals surface area contributed by atoms with Crippen LogP contribution in [0.15, 0.2) is 18.2 Å². The number of carbonyl (C=O) groups is 1. The van der Waals surface area contributed by atoms with E-state index in [2.05, 4.69) is 10.6 Å². The molecule has 0 unspecified atom stereocenters. The second kappa shape index (κ2) is 5.75. The van der Waals surface area contributed by atoms with Crippen molar-refractivity contribution < 1.29 is 14.1 Å². The molecule has 6 nitrogen and oxygen atoms in total. The van der Waals surface area contributed by atoms with Crippen LogP contribution in [0.1, 0.15) is 19.3 Å². The summed E-state index contributed by atoms with van der Waals surface area (Å²) < 4.78 is 13.4. The summed E-state index contributed by atoms with van der Waals surface area (Å²) >= 11 is 0. The zero-order valence-corrected chi connectivity index (χ0v) is 10.2. The van der Waals surface area contributed by atoms with Crippen molar-refractivity contribution in [2.45, 2.75) is 25.3 Å². The van der Waals surface area contributed by atoms with Crippen molar-refractivity contribution in [1.29, 1.82) is 0 Å². The van der Waals surface area contributed by atoms with Crippen molar-refractivity contribution in [3.8, 4) is 0 Å². The summed E-state index contributed by atoms with van der Waals surface area (Å²) in [5, 5.41) is 16.1. The summed E-state index contributed by atoms with van der Waals surface area (Å²) in [6.45, 7) is 0.784. The van der Waals surface area contributed by atoms with Crippen molar-refractivity contribution in [3.05, 3.63) is 34.1 Å². The topological polar surface area (TPSA) is 84.3 Å². The van der Waals surface area contributed by atoms with Crippen molar-refractivity contribution in [2.75, 3.05) is 11.9 Å². The minimum Gasteiger partial charge on any atom is -0.325 e. The van der Waals surface area contributed by atoms with Gasteiger partial charge in [0.15, 0.2) is 0 Å². The fourth-order valence-electron chi connectivity index (χ4n) is 2.04. The van der Waals surface area contributed by atoms with E-state index in [0.717, 1.165) is 37.9 Å². The van der Waals surface area contributed by atoms with Crippen LogP contribution in [0.25, 0.3) is 0 Å². The molecule has 7 heteroatoms. The van der Waals surface area contributed by atoms with Gasteiger partial charge >= 0.3 is 5.69 Å². The lowest BCUT2D eigenvalue weighted by atomic mass is 10.0. The number of nitro groups is 1. The first-order valence-electron chi connectivity index (χ1n) is 6.06. The molecule has 0 aromatic heterocycles. The first-order valence-corrected chi connectivity index (χ1v) is 6.06. The van der Waals surface area contributed by atoms with E-state index in [1.807, 2.05) is 0 Å². The number of amides is 1. The number of piperidine rings is 1. The fourth-order valence-corrected chi connectivity index (χ4v) is 2.04. The molecule has 1 saturated heterocycles. The maximum atomic E-state index is 13.4. The van der Waals surface area contributed by atoms with Crippen LogP contribution >= 0.6 is 0 Å². The number of benzene rings is 1. The molecule has 19 heavy (non-hydrogen) atoms. The molecule has 0 radical (unpaired) electrons. The third kappa shape index (κ3) is 3.25. The Balaban J connectivity index is 2.04. The molecule has 1 fully saturated rings. The van der Waals surface area contributed by atoms with E-state index in [9.17, 15) is 19.3 Å². The Labute approximate surface area is 109 Å². The Kier molecular flexibility index (Phi) is 4.06. The number of rotatable bonds is 3. The Morgan fingerprint density at radius 3 is 2.84 bits per heavy atom. The van der Waals surface area contributed by atoms with Gasteiger partial charge in [-0.1, -0.05) is 6.42 Å². The van der Waals surface area contributed by atoms with Gasteiger partial charge in [-0.2, -0.15) is 4.39 Å². The third-order valence-electron chi connectivity index (χ3n) is 3.04. The van der Waals surface area contributed by atoms with E-state index in [4.69, 9.17) is 0 Å². The molecular formula is C12H14FN3O3. The van der Waals surface area contributed by atoms with Gasteiger partial charge in [-0.05, 0) is 25.5 Å². The van der Waals surface area contributed by atoms with Crippen LogP contribution in [0.4, 0.5) is 15.8 Å². The smallest absolute Gasteiger partial charge is 0.304 e. The van der Waals surface area contributed by atoms with E-state index in [1.165, 1.54) is 6.07 Å². The Morgan fingerprint density at radius 2 is 2.26 bits per heavy atom. The molecule has 102 valence electrons. The molecule has 1 aliphatic heterocycles. The molecule has 0 aliphatic carbocycles. The van der Waals surface area contributed by atoms with E-state index in [-0.39, 0.29) is 17.6 Å². The number of halogens is 1. The van der Waals surface area contributed by atoms with Crippen LogP contribution in [0.2, 0.25) is 0 Å². The van der Waals surface area contributed by atoms with E-state index in [1.54, 1.807) is 0 Å². The van der Waals surface area contributed by atoms with Crippen molar-refractivity contribution >= 4 is 17.3 Å². The molecule has 0 bridgehead atoms. The van der Waals surface area contributed by atoms with Crippen molar-refractivity contribution in [3.63, 3.8) is 0 Å². The molecule has 0 saturated carbocycles. The highest BCUT2D eigenvalue weighted by atomic mass is 19.1. The van der Waals surface area contributed by atoms with Crippen LogP contribution in [0, 0.1) is 15.9 Å². The highest BCUT2D eigenvalue weighted by Crippen LogP contribution is 2.21. The zero-order valence-electron chi connectivity index (χ0n) is 10.2. The molecule has 2 rings (SSSR count). The standard InChI is InChI=1S/C12H14FN3O3/c13-9-7-8(4-5-11(9)16(18)19)15-12(17)10-3-1-2-6-14-10/h4-5,7,10,14H,1-3,6H2,(H,15,17)/t10-/m0/s1. The van der Waals surface area contributed by atoms with Gasteiger partial charge in [0.25, 0.3) is 0 Å². The Bertz CT molecular complexity index is 501. The van der Waals surface area contributed by atoms with Gasteiger partial charge in [0, 0.05) is 17.8 Å². The lowest BCUT2D eigenvalue weighted by molar-refractivity contribution is -0.387. The number of hydrogen-bond donors (Lipinski definition) is 2. The molecule has 1 aromatic carbocycles. The van der Waals surface area contributed by atoms with Crippen LogP contribution < -0.4 is 10.6 Å². The first kappa shape index (κ1) is 13.4. The van der Waals surface area contributed by atoms with Gasteiger partial charge < -0.3 is 10.6 Å². The lowest BCUT2D eigenvalue weighted by Crippen LogP contribution is -2.43. The number of hydrogen-bond acceptors (Lipinski definition) is 4. The summed E-state index contributed by atoms with van der Waals surface area (Å²) in [5.74, 6) is -1.20. The monoisotopic (exact) mass is 267 g/mol. The van der Waals surface area contributed by atoms with Crippen LogP contribution in [0.5, 0.6) is 0 Å². The Hall–Kier alpha value is -2.02. The van der Waals surface area contributed by atoms with E-state index in [0.29, 0.717) is 0 Å². The number of nitrogens with one attached hydrogen (secondary N) is 2. The van der Waals surface area contributed by atoms with Crippen LogP contribution in [0.3, 0.4) is 0 Å². The van der Waals surface area contributed by atoms with Gasteiger partial charge in [-0.3, -0.25) is 14.9 Å². The predicted octanol–water partition coefficient (Wildman–Crippen LogP) is 1.81.